The molecule has 0 saturated heterocycles. The summed E-state index contributed by atoms with van der Waals surface area (Å²) in [5.41, 5.74) is 1.29. The van der Waals surface area contributed by atoms with Crippen LogP contribution in [0.2, 0.25) is 0 Å². The fraction of sp³-hybridized carbons (Fsp3) is 0.294. The summed E-state index contributed by atoms with van der Waals surface area (Å²) in [5, 5.41) is 3.42. The molecular formula is C17H19NO2. The molecule has 104 valence electrons. The van der Waals surface area contributed by atoms with Crippen LogP contribution in [0, 0.1) is 0 Å². The maximum absolute atomic E-state index is 5.88. The van der Waals surface area contributed by atoms with E-state index >= 15 is 0 Å². The first-order valence-electron chi connectivity index (χ1n) is 6.97. The van der Waals surface area contributed by atoms with Crippen molar-refractivity contribution in [2.75, 3.05) is 6.54 Å². The van der Waals surface area contributed by atoms with Gasteiger partial charge in [0.05, 0.1) is 0 Å². The second-order valence-corrected chi connectivity index (χ2v) is 5.20. The van der Waals surface area contributed by atoms with E-state index < -0.39 is 5.79 Å². The lowest BCUT2D eigenvalue weighted by atomic mass is 10.2. The summed E-state index contributed by atoms with van der Waals surface area (Å²) >= 11 is 0. The van der Waals surface area contributed by atoms with Crippen LogP contribution in [0.1, 0.15) is 18.9 Å². The van der Waals surface area contributed by atoms with Crippen LogP contribution in [0.15, 0.2) is 54.6 Å². The molecule has 0 bridgehead atoms. The van der Waals surface area contributed by atoms with E-state index in [0.29, 0.717) is 0 Å². The molecule has 1 N–H and O–H groups in total. The minimum absolute atomic E-state index is 0.562. The van der Waals surface area contributed by atoms with E-state index in [1.807, 2.05) is 37.3 Å². The minimum atomic E-state index is -0.562. The van der Waals surface area contributed by atoms with Crippen molar-refractivity contribution in [3.63, 3.8) is 0 Å². The molecule has 2 aromatic carbocycles. The number of ether oxygens (including phenoxy) is 2. The number of fused-ring (bicyclic) bond motifs is 1. The van der Waals surface area contributed by atoms with Gasteiger partial charge in [-0.2, -0.15) is 0 Å². The summed E-state index contributed by atoms with van der Waals surface area (Å²) in [6.07, 6.45) is 0.800. The molecule has 0 amide bonds. The molecular weight excluding hydrogens is 250 g/mol. The Balaban J connectivity index is 1.48. The van der Waals surface area contributed by atoms with E-state index in [1.54, 1.807) is 0 Å². The number of nitrogens with one attached hydrogen (secondary N) is 1. The third-order valence-electron chi connectivity index (χ3n) is 3.43. The molecule has 0 fully saturated rings. The lowest BCUT2D eigenvalue weighted by Crippen LogP contribution is -2.38. The molecule has 1 aliphatic rings. The molecule has 1 aliphatic heterocycles. The quantitative estimate of drug-likeness (QED) is 0.844. The molecule has 0 atom stereocenters. The van der Waals surface area contributed by atoms with Crippen LogP contribution in [0.3, 0.4) is 0 Å². The fourth-order valence-corrected chi connectivity index (χ4v) is 2.35. The summed E-state index contributed by atoms with van der Waals surface area (Å²) in [5.74, 6) is 1.10. The second kappa shape index (κ2) is 5.55. The molecule has 0 aliphatic carbocycles. The lowest BCUT2D eigenvalue weighted by molar-refractivity contribution is -0.0673. The van der Waals surface area contributed by atoms with E-state index in [-0.39, 0.29) is 0 Å². The third-order valence-corrected chi connectivity index (χ3v) is 3.43. The van der Waals surface area contributed by atoms with Gasteiger partial charge in [-0.05, 0) is 17.7 Å². The Morgan fingerprint density at radius 3 is 2.15 bits per heavy atom. The number of para-hydroxylation sites is 2. The molecule has 0 unspecified atom stereocenters. The molecule has 0 aromatic heterocycles. The minimum Gasteiger partial charge on any atom is -0.449 e. The van der Waals surface area contributed by atoms with Gasteiger partial charge < -0.3 is 14.8 Å². The van der Waals surface area contributed by atoms with Crippen molar-refractivity contribution in [1.29, 1.82) is 0 Å². The van der Waals surface area contributed by atoms with Gasteiger partial charge in [0.1, 0.15) is 0 Å². The van der Waals surface area contributed by atoms with Gasteiger partial charge in [0.2, 0.25) is 5.79 Å². The van der Waals surface area contributed by atoms with Crippen molar-refractivity contribution in [2.24, 2.45) is 0 Å². The molecule has 3 nitrogen and oxygen atoms in total. The molecule has 3 rings (SSSR count). The van der Waals surface area contributed by atoms with Crippen molar-refractivity contribution in [1.82, 2.24) is 5.32 Å². The summed E-state index contributed by atoms with van der Waals surface area (Å²) in [6.45, 7) is 3.69. The Kier molecular flexibility index (Phi) is 3.61. The van der Waals surface area contributed by atoms with Gasteiger partial charge >= 0.3 is 0 Å². The lowest BCUT2D eigenvalue weighted by Gasteiger charge is -2.23. The monoisotopic (exact) mass is 269 g/mol. The van der Waals surface area contributed by atoms with Gasteiger partial charge in [-0.25, -0.2) is 0 Å². The summed E-state index contributed by atoms with van der Waals surface area (Å²) in [7, 11) is 0. The normalized spacial score (nSPS) is 15.2. The van der Waals surface area contributed by atoms with Crippen molar-refractivity contribution in [3.05, 3.63) is 60.2 Å². The molecule has 0 spiro atoms. The highest BCUT2D eigenvalue weighted by molar-refractivity contribution is 5.42. The van der Waals surface area contributed by atoms with Gasteiger partial charge in [0, 0.05) is 26.4 Å². The first-order valence-corrected chi connectivity index (χ1v) is 6.97. The maximum atomic E-state index is 5.88. The van der Waals surface area contributed by atoms with Crippen LogP contribution < -0.4 is 14.8 Å². The van der Waals surface area contributed by atoms with Crippen LogP contribution >= 0.6 is 0 Å². The first kappa shape index (κ1) is 13.0. The summed E-state index contributed by atoms with van der Waals surface area (Å²) in [6, 6.07) is 18.2. The topological polar surface area (TPSA) is 30.5 Å². The molecule has 3 heteroatoms. The van der Waals surface area contributed by atoms with E-state index in [9.17, 15) is 0 Å². The summed E-state index contributed by atoms with van der Waals surface area (Å²) in [4.78, 5) is 0. The molecule has 0 saturated carbocycles. The highest BCUT2D eigenvalue weighted by atomic mass is 16.7. The number of hydrogen-bond acceptors (Lipinski definition) is 3. The largest absolute Gasteiger partial charge is 0.449 e. The zero-order valence-corrected chi connectivity index (χ0v) is 11.6. The van der Waals surface area contributed by atoms with Gasteiger partial charge in [-0.1, -0.05) is 42.5 Å². The Labute approximate surface area is 119 Å². The van der Waals surface area contributed by atoms with Crippen LogP contribution in [-0.2, 0) is 6.54 Å². The van der Waals surface area contributed by atoms with Crippen molar-refractivity contribution in [2.45, 2.75) is 25.7 Å². The highest BCUT2D eigenvalue weighted by Crippen LogP contribution is 2.39. The number of hydrogen-bond donors (Lipinski definition) is 1. The standard InChI is InChI=1S/C17H19NO2/c1-17(19-15-9-5-6-10-16(15)20-17)11-12-18-13-14-7-3-2-4-8-14/h2-10,18H,11-13H2,1H3. The Morgan fingerprint density at radius 2 is 1.50 bits per heavy atom. The van der Waals surface area contributed by atoms with Crippen molar-refractivity contribution < 1.29 is 9.47 Å². The number of benzene rings is 2. The van der Waals surface area contributed by atoms with E-state index in [1.165, 1.54) is 5.56 Å². The van der Waals surface area contributed by atoms with Gasteiger partial charge in [-0.3, -0.25) is 0 Å². The van der Waals surface area contributed by atoms with Crippen molar-refractivity contribution in [3.8, 4) is 11.5 Å². The first-order chi connectivity index (χ1) is 9.75. The van der Waals surface area contributed by atoms with Gasteiger partial charge in [0.25, 0.3) is 0 Å². The van der Waals surface area contributed by atoms with Crippen LogP contribution in [0.4, 0.5) is 0 Å². The van der Waals surface area contributed by atoms with E-state index in [4.69, 9.17) is 9.47 Å². The predicted octanol–water partition coefficient (Wildman–Crippen LogP) is 3.35. The van der Waals surface area contributed by atoms with Crippen LogP contribution in [-0.4, -0.2) is 12.3 Å². The SMILES string of the molecule is CC1(CCNCc2ccccc2)Oc2ccccc2O1. The average Bonchev–Trinajstić information content (AvgIpc) is 2.81. The zero-order chi connectivity index (χ0) is 13.8. The summed E-state index contributed by atoms with van der Waals surface area (Å²) < 4.78 is 11.8. The molecule has 2 aromatic rings. The Morgan fingerprint density at radius 1 is 0.900 bits per heavy atom. The van der Waals surface area contributed by atoms with Crippen molar-refractivity contribution >= 4 is 0 Å². The van der Waals surface area contributed by atoms with E-state index in [0.717, 1.165) is 31.0 Å². The maximum Gasteiger partial charge on any atom is 0.250 e. The Hall–Kier alpha value is -2.00. The molecule has 1 heterocycles. The fourth-order valence-electron chi connectivity index (χ4n) is 2.35. The molecule has 20 heavy (non-hydrogen) atoms. The number of rotatable bonds is 5. The Bertz CT molecular complexity index is 543. The molecule has 0 radical (unpaired) electrons. The predicted molar refractivity (Wildman–Crippen MR) is 78.9 cm³/mol. The van der Waals surface area contributed by atoms with E-state index in [2.05, 4.69) is 29.6 Å². The highest BCUT2D eigenvalue weighted by Gasteiger charge is 2.35. The van der Waals surface area contributed by atoms with Gasteiger partial charge in [-0.15, -0.1) is 0 Å². The van der Waals surface area contributed by atoms with Crippen LogP contribution in [0.25, 0.3) is 0 Å². The smallest absolute Gasteiger partial charge is 0.250 e. The third kappa shape index (κ3) is 2.94. The van der Waals surface area contributed by atoms with Crippen LogP contribution in [0.5, 0.6) is 11.5 Å². The van der Waals surface area contributed by atoms with Gasteiger partial charge in [0.15, 0.2) is 11.5 Å². The second-order valence-electron chi connectivity index (χ2n) is 5.20. The zero-order valence-electron chi connectivity index (χ0n) is 11.6. The average molecular weight is 269 g/mol.